The summed E-state index contributed by atoms with van der Waals surface area (Å²) in [6.45, 7) is -1.23. The van der Waals surface area contributed by atoms with E-state index in [4.69, 9.17) is 0 Å². The summed E-state index contributed by atoms with van der Waals surface area (Å²) in [6.07, 6.45) is -3.02. The lowest BCUT2D eigenvalue weighted by Gasteiger charge is -2.06. The molecule has 1 radical (unpaired) electrons. The summed E-state index contributed by atoms with van der Waals surface area (Å²) >= 11 is 0. The van der Waals surface area contributed by atoms with E-state index in [1.54, 1.807) is 5.32 Å². The first-order valence-corrected chi connectivity index (χ1v) is 3.19. The molecule has 1 fully saturated rings. The number of hydrogen-bond donors (Lipinski definition) is 1. The highest BCUT2D eigenvalue weighted by Crippen LogP contribution is 2.31. The third-order valence-corrected chi connectivity index (χ3v) is 1.27. The Morgan fingerprint density at radius 3 is 2.36 bits per heavy atom. The topological polar surface area (TPSA) is 29.1 Å². The lowest BCUT2D eigenvalue weighted by molar-refractivity contribution is -0.136. The Labute approximate surface area is 61.8 Å². The first-order chi connectivity index (χ1) is 4.99. The van der Waals surface area contributed by atoms with Gasteiger partial charge in [0.2, 0.25) is 5.91 Å². The molecule has 0 aromatic heterocycles. The fourth-order valence-electron chi connectivity index (χ4n) is 0.595. The van der Waals surface area contributed by atoms with Crippen molar-refractivity contribution in [2.75, 3.05) is 6.54 Å². The Morgan fingerprint density at radius 1 is 1.45 bits per heavy atom. The van der Waals surface area contributed by atoms with Crippen molar-refractivity contribution >= 4 is 5.91 Å². The molecule has 1 aliphatic carbocycles. The van der Waals surface area contributed by atoms with Gasteiger partial charge in [0.1, 0.15) is 6.54 Å². The molecule has 0 unspecified atom stereocenters. The van der Waals surface area contributed by atoms with Crippen LogP contribution in [0.1, 0.15) is 12.8 Å². The zero-order valence-corrected chi connectivity index (χ0v) is 5.66. The molecule has 63 valence electrons. The summed E-state index contributed by atoms with van der Waals surface area (Å²) in [7, 11) is 0. The summed E-state index contributed by atoms with van der Waals surface area (Å²) in [4.78, 5) is 10.6. The number of nitrogens with one attached hydrogen (secondary N) is 1. The molecule has 0 spiro atoms. The van der Waals surface area contributed by atoms with Crippen LogP contribution < -0.4 is 5.32 Å². The molecule has 1 aliphatic rings. The van der Waals surface area contributed by atoms with E-state index in [-0.39, 0.29) is 0 Å². The van der Waals surface area contributed by atoms with Crippen molar-refractivity contribution in [1.29, 1.82) is 0 Å². The number of halogens is 3. The fraction of sp³-hybridized carbons (Fsp3) is 0.667. The molecule has 1 saturated carbocycles. The van der Waals surface area contributed by atoms with Gasteiger partial charge in [0.15, 0.2) is 0 Å². The standard InChI is InChI=1S/C6H7F3NO/c7-6(8,9)3-10-5(11)4-1-2-4/h1-3H2,(H,10,11). The average molecular weight is 166 g/mol. The Morgan fingerprint density at radius 2 is 2.00 bits per heavy atom. The second-order valence-electron chi connectivity index (χ2n) is 2.40. The Kier molecular flexibility index (Phi) is 2.06. The van der Waals surface area contributed by atoms with Crippen molar-refractivity contribution in [3.63, 3.8) is 0 Å². The molecule has 1 amide bonds. The van der Waals surface area contributed by atoms with E-state index in [1.807, 2.05) is 0 Å². The third kappa shape index (κ3) is 3.25. The molecule has 0 saturated heterocycles. The summed E-state index contributed by atoms with van der Waals surface area (Å²) in [5, 5.41) is 1.78. The highest BCUT2D eigenvalue weighted by atomic mass is 19.4. The number of hydrogen-bond acceptors (Lipinski definition) is 1. The van der Waals surface area contributed by atoms with Crippen molar-refractivity contribution in [2.45, 2.75) is 19.0 Å². The van der Waals surface area contributed by atoms with Gasteiger partial charge in [-0.05, 0) is 12.8 Å². The van der Waals surface area contributed by atoms with Crippen LogP contribution in [0.2, 0.25) is 0 Å². The molecule has 11 heavy (non-hydrogen) atoms. The average Bonchev–Trinajstić information content (AvgIpc) is 2.61. The molecular weight excluding hydrogens is 159 g/mol. The number of amides is 1. The van der Waals surface area contributed by atoms with Crippen molar-refractivity contribution < 1.29 is 18.0 Å². The third-order valence-electron chi connectivity index (χ3n) is 1.27. The molecule has 1 rings (SSSR count). The molecule has 0 atom stereocenters. The SMILES string of the molecule is O=C(NCC(F)(F)F)[C]1CC1. The Balaban J connectivity index is 2.16. The van der Waals surface area contributed by atoms with Gasteiger partial charge in [-0.25, -0.2) is 0 Å². The minimum Gasteiger partial charge on any atom is -0.346 e. The van der Waals surface area contributed by atoms with Gasteiger partial charge >= 0.3 is 6.18 Å². The van der Waals surface area contributed by atoms with Crippen molar-refractivity contribution in [2.24, 2.45) is 0 Å². The van der Waals surface area contributed by atoms with Gasteiger partial charge in [0, 0.05) is 0 Å². The highest BCUT2D eigenvalue weighted by molar-refractivity contribution is 5.93. The van der Waals surface area contributed by atoms with E-state index in [2.05, 4.69) is 0 Å². The van der Waals surface area contributed by atoms with E-state index >= 15 is 0 Å². The molecular formula is C6H7F3NO. The first kappa shape index (κ1) is 8.36. The fourth-order valence-corrected chi connectivity index (χ4v) is 0.595. The Bertz CT molecular complexity index is 162. The van der Waals surface area contributed by atoms with Gasteiger partial charge in [0.25, 0.3) is 0 Å². The Hall–Kier alpha value is -0.740. The molecule has 0 bridgehead atoms. The molecule has 5 heteroatoms. The van der Waals surface area contributed by atoms with E-state index in [1.165, 1.54) is 0 Å². The van der Waals surface area contributed by atoms with Crippen LogP contribution in [0, 0.1) is 5.92 Å². The zero-order chi connectivity index (χ0) is 8.48. The number of carbonyl (C=O) groups is 1. The second-order valence-corrected chi connectivity index (χ2v) is 2.40. The lowest BCUT2D eigenvalue weighted by Crippen LogP contribution is -2.34. The van der Waals surface area contributed by atoms with Gasteiger partial charge in [-0.2, -0.15) is 13.2 Å². The first-order valence-electron chi connectivity index (χ1n) is 3.19. The summed E-state index contributed by atoms with van der Waals surface area (Å²) in [5.41, 5.74) is 0. The molecule has 1 N–H and O–H groups in total. The van der Waals surface area contributed by atoms with Crippen LogP contribution in [-0.2, 0) is 4.79 Å². The molecule has 0 aliphatic heterocycles. The minimum atomic E-state index is -4.30. The zero-order valence-electron chi connectivity index (χ0n) is 5.66. The van der Waals surface area contributed by atoms with Gasteiger partial charge in [-0.1, -0.05) is 0 Å². The van der Waals surface area contributed by atoms with E-state index in [9.17, 15) is 18.0 Å². The molecule has 0 aromatic rings. The largest absolute Gasteiger partial charge is 0.405 e. The molecule has 2 nitrogen and oxygen atoms in total. The normalized spacial score (nSPS) is 18.1. The van der Waals surface area contributed by atoms with Crippen LogP contribution in [0.5, 0.6) is 0 Å². The van der Waals surface area contributed by atoms with Crippen LogP contribution in [0.3, 0.4) is 0 Å². The lowest BCUT2D eigenvalue weighted by atomic mass is 10.4. The van der Waals surface area contributed by atoms with Crippen LogP contribution in [0.25, 0.3) is 0 Å². The highest BCUT2D eigenvalue weighted by Gasteiger charge is 2.34. The number of alkyl halides is 3. The van der Waals surface area contributed by atoms with Crippen LogP contribution in [-0.4, -0.2) is 18.6 Å². The van der Waals surface area contributed by atoms with E-state index in [0.717, 1.165) is 0 Å². The monoisotopic (exact) mass is 166 g/mol. The predicted molar refractivity (Wildman–Crippen MR) is 31.5 cm³/mol. The molecule has 0 heterocycles. The number of carbonyl (C=O) groups excluding carboxylic acids is 1. The summed E-state index contributed by atoms with van der Waals surface area (Å²) in [6, 6.07) is 0. The minimum absolute atomic E-state index is 0.553. The van der Waals surface area contributed by atoms with Crippen molar-refractivity contribution in [3.8, 4) is 0 Å². The quantitative estimate of drug-likeness (QED) is 0.652. The summed E-state index contributed by atoms with van der Waals surface area (Å²) in [5.74, 6) is 0.0107. The molecule has 0 aromatic carbocycles. The second kappa shape index (κ2) is 2.71. The van der Waals surface area contributed by atoms with Crippen LogP contribution in [0.4, 0.5) is 13.2 Å². The maximum Gasteiger partial charge on any atom is 0.405 e. The van der Waals surface area contributed by atoms with E-state index in [0.29, 0.717) is 18.8 Å². The van der Waals surface area contributed by atoms with Crippen LogP contribution in [0.15, 0.2) is 0 Å². The maximum absolute atomic E-state index is 11.5. The van der Waals surface area contributed by atoms with Crippen molar-refractivity contribution in [3.05, 3.63) is 5.92 Å². The number of rotatable bonds is 2. The van der Waals surface area contributed by atoms with Gasteiger partial charge in [0.05, 0.1) is 5.92 Å². The maximum atomic E-state index is 11.5. The predicted octanol–water partition coefficient (Wildman–Crippen LogP) is 1.03. The van der Waals surface area contributed by atoms with Gasteiger partial charge in [-0.3, -0.25) is 4.79 Å². The van der Waals surface area contributed by atoms with E-state index < -0.39 is 18.6 Å². The summed E-state index contributed by atoms with van der Waals surface area (Å²) < 4.78 is 34.4. The van der Waals surface area contributed by atoms with Crippen molar-refractivity contribution in [1.82, 2.24) is 5.32 Å². The van der Waals surface area contributed by atoms with Gasteiger partial charge in [-0.15, -0.1) is 0 Å². The van der Waals surface area contributed by atoms with Crippen LogP contribution >= 0.6 is 0 Å². The smallest absolute Gasteiger partial charge is 0.346 e. The van der Waals surface area contributed by atoms with Gasteiger partial charge < -0.3 is 5.32 Å².